The van der Waals surface area contributed by atoms with E-state index in [0.717, 1.165) is 32.0 Å². The topological polar surface area (TPSA) is 41.4 Å². The molecule has 1 aromatic heterocycles. The number of hydrogen-bond acceptors (Lipinski definition) is 3. The van der Waals surface area contributed by atoms with Crippen LogP contribution < -0.4 is 4.90 Å². The summed E-state index contributed by atoms with van der Waals surface area (Å²) >= 11 is 0. The van der Waals surface area contributed by atoms with Crippen LogP contribution in [0.2, 0.25) is 0 Å². The number of carbonyl (C=O) groups is 1. The van der Waals surface area contributed by atoms with Gasteiger partial charge in [0.25, 0.3) is 0 Å². The minimum Gasteiger partial charge on any atom is -0.368 e. The van der Waals surface area contributed by atoms with Gasteiger partial charge in [0.2, 0.25) is 5.91 Å². The summed E-state index contributed by atoms with van der Waals surface area (Å²) in [6, 6.07) is 10.4. The standard InChI is InChI=1S/C17H22N4O/c1-15-18-8-10-19(15)9-7-17(22)21-13-11-20(12-14-21)16-5-3-2-4-6-16/h2-6,8,10H,7,9,11-14H2,1H3. The van der Waals surface area contributed by atoms with E-state index in [1.165, 1.54) is 5.69 Å². The molecule has 1 fully saturated rings. The minimum atomic E-state index is 0.237. The number of aryl methyl sites for hydroxylation is 2. The van der Waals surface area contributed by atoms with Gasteiger partial charge in [-0.05, 0) is 19.1 Å². The Morgan fingerprint density at radius 3 is 2.50 bits per heavy atom. The van der Waals surface area contributed by atoms with E-state index in [4.69, 9.17) is 0 Å². The molecule has 1 aliphatic heterocycles. The lowest BCUT2D eigenvalue weighted by Gasteiger charge is -2.36. The molecule has 5 heteroatoms. The summed E-state index contributed by atoms with van der Waals surface area (Å²) < 4.78 is 2.03. The van der Waals surface area contributed by atoms with Crippen molar-refractivity contribution in [1.29, 1.82) is 0 Å². The zero-order valence-electron chi connectivity index (χ0n) is 13.0. The highest BCUT2D eigenvalue weighted by Crippen LogP contribution is 2.16. The van der Waals surface area contributed by atoms with Gasteiger partial charge in [0.1, 0.15) is 5.82 Å². The molecule has 0 bridgehead atoms. The van der Waals surface area contributed by atoms with Crippen molar-refractivity contribution in [3.8, 4) is 0 Å². The second-order valence-electron chi connectivity index (χ2n) is 5.62. The maximum Gasteiger partial charge on any atom is 0.224 e. The van der Waals surface area contributed by atoms with Gasteiger partial charge in [0, 0.05) is 57.2 Å². The Bertz CT molecular complexity index is 615. The van der Waals surface area contributed by atoms with Crippen LogP contribution in [-0.2, 0) is 11.3 Å². The molecule has 2 aromatic rings. The Labute approximate surface area is 131 Å². The van der Waals surface area contributed by atoms with Gasteiger partial charge in [-0.3, -0.25) is 4.79 Å². The SMILES string of the molecule is Cc1nccn1CCC(=O)N1CCN(c2ccccc2)CC1. The number of anilines is 1. The number of rotatable bonds is 4. The summed E-state index contributed by atoms with van der Waals surface area (Å²) in [6.45, 7) is 6.08. The lowest BCUT2D eigenvalue weighted by atomic mass is 10.2. The van der Waals surface area contributed by atoms with Crippen LogP contribution in [0.3, 0.4) is 0 Å². The van der Waals surface area contributed by atoms with Crippen LogP contribution in [-0.4, -0.2) is 46.5 Å². The van der Waals surface area contributed by atoms with Crippen LogP contribution in [0.1, 0.15) is 12.2 Å². The first-order valence-electron chi connectivity index (χ1n) is 7.79. The van der Waals surface area contributed by atoms with E-state index in [1.54, 1.807) is 6.20 Å². The zero-order chi connectivity index (χ0) is 15.4. The molecule has 3 rings (SSSR count). The highest BCUT2D eigenvalue weighted by molar-refractivity contribution is 5.76. The van der Waals surface area contributed by atoms with Crippen molar-refractivity contribution < 1.29 is 4.79 Å². The second-order valence-corrected chi connectivity index (χ2v) is 5.62. The largest absolute Gasteiger partial charge is 0.368 e. The third-order valence-corrected chi connectivity index (χ3v) is 4.24. The number of amides is 1. The maximum absolute atomic E-state index is 12.3. The number of imidazole rings is 1. The highest BCUT2D eigenvalue weighted by Gasteiger charge is 2.20. The molecule has 116 valence electrons. The summed E-state index contributed by atoms with van der Waals surface area (Å²) in [5.41, 5.74) is 1.24. The monoisotopic (exact) mass is 298 g/mol. The zero-order valence-corrected chi connectivity index (χ0v) is 13.0. The first-order chi connectivity index (χ1) is 10.7. The van der Waals surface area contributed by atoms with Gasteiger partial charge in [-0.15, -0.1) is 0 Å². The molecular formula is C17H22N4O. The predicted octanol–water partition coefficient (Wildman–Crippen LogP) is 1.93. The van der Waals surface area contributed by atoms with Crippen LogP contribution in [0.5, 0.6) is 0 Å². The Morgan fingerprint density at radius 2 is 1.86 bits per heavy atom. The van der Waals surface area contributed by atoms with Crippen molar-refractivity contribution in [1.82, 2.24) is 14.5 Å². The van der Waals surface area contributed by atoms with E-state index in [1.807, 2.05) is 28.7 Å². The molecular weight excluding hydrogens is 276 g/mol. The van der Waals surface area contributed by atoms with Gasteiger partial charge in [0.15, 0.2) is 0 Å². The molecule has 1 aromatic carbocycles. The van der Waals surface area contributed by atoms with Crippen molar-refractivity contribution in [2.75, 3.05) is 31.1 Å². The Kier molecular flexibility index (Phi) is 4.42. The summed E-state index contributed by atoms with van der Waals surface area (Å²) in [7, 11) is 0. The summed E-state index contributed by atoms with van der Waals surface area (Å²) in [5, 5.41) is 0. The first-order valence-corrected chi connectivity index (χ1v) is 7.79. The summed E-state index contributed by atoms with van der Waals surface area (Å²) in [6.07, 6.45) is 4.25. The lowest BCUT2D eigenvalue weighted by Crippen LogP contribution is -2.48. The molecule has 22 heavy (non-hydrogen) atoms. The van der Waals surface area contributed by atoms with Crippen molar-refractivity contribution in [2.24, 2.45) is 0 Å². The van der Waals surface area contributed by atoms with Crippen molar-refractivity contribution >= 4 is 11.6 Å². The van der Waals surface area contributed by atoms with E-state index in [9.17, 15) is 4.79 Å². The third-order valence-electron chi connectivity index (χ3n) is 4.24. The average molecular weight is 298 g/mol. The average Bonchev–Trinajstić information content (AvgIpc) is 2.99. The lowest BCUT2D eigenvalue weighted by molar-refractivity contribution is -0.131. The number of aromatic nitrogens is 2. The van der Waals surface area contributed by atoms with Gasteiger partial charge in [-0.25, -0.2) is 4.98 Å². The van der Waals surface area contributed by atoms with Crippen molar-refractivity contribution in [2.45, 2.75) is 19.9 Å². The third kappa shape index (κ3) is 3.30. The fourth-order valence-corrected chi connectivity index (χ4v) is 2.87. The first kappa shape index (κ1) is 14.6. The van der Waals surface area contributed by atoms with Crippen molar-refractivity contribution in [3.05, 3.63) is 48.5 Å². The number of piperazine rings is 1. The van der Waals surface area contributed by atoms with Crippen LogP contribution in [0, 0.1) is 6.92 Å². The predicted molar refractivity (Wildman–Crippen MR) is 86.8 cm³/mol. The van der Waals surface area contributed by atoms with E-state index in [0.29, 0.717) is 13.0 Å². The molecule has 1 amide bonds. The van der Waals surface area contributed by atoms with Gasteiger partial charge in [-0.1, -0.05) is 18.2 Å². The second kappa shape index (κ2) is 6.64. The Balaban J connectivity index is 1.49. The molecule has 0 unspecified atom stereocenters. The van der Waals surface area contributed by atoms with Gasteiger partial charge in [-0.2, -0.15) is 0 Å². The van der Waals surface area contributed by atoms with Crippen LogP contribution >= 0.6 is 0 Å². The molecule has 0 radical (unpaired) electrons. The molecule has 0 spiro atoms. The van der Waals surface area contributed by atoms with Gasteiger partial charge >= 0.3 is 0 Å². The van der Waals surface area contributed by atoms with Gasteiger partial charge in [0.05, 0.1) is 0 Å². The number of nitrogens with zero attached hydrogens (tertiary/aromatic N) is 4. The van der Waals surface area contributed by atoms with Crippen LogP contribution in [0.15, 0.2) is 42.7 Å². The van der Waals surface area contributed by atoms with Crippen molar-refractivity contribution in [3.63, 3.8) is 0 Å². The molecule has 0 saturated carbocycles. The fraction of sp³-hybridized carbons (Fsp3) is 0.412. The number of benzene rings is 1. The van der Waals surface area contributed by atoms with Gasteiger partial charge < -0.3 is 14.4 Å². The number of hydrogen-bond donors (Lipinski definition) is 0. The summed E-state index contributed by atoms with van der Waals surface area (Å²) in [5.74, 6) is 1.20. The van der Waals surface area contributed by atoms with E-state index in [-0.39, 0.29) is 5.91 Å². The molecule has 0 atom stereocenters. The quantitative estimate of drug-likeness (QED) is 0.866. The highest BCUT2D eigenvalue weighted by atomic mass is 16.2. The molecule has 5 nitrogen and oxygen atoms in total. The molecule has 1 aliphatic rings. The van der Waals surface area contributed by atoms with E-state index >= 15 is 0 Å². The molecule has 1 saturated heterocycles. The molecule has 0 N–H and O–H groups in total. The Hall–Kier alpha value is -2.30. The normalized spacial score (nSPS) is 15.1. The molecule has 0 aliphatic carbocycles. The van der Waals surface area contributed by atoms with Crippen LogP contribution in [0.4, 0.5) is 5.69 Å². The Morgan fingerprint density at radius 1 is 1.14 bits per heavy atom. The minimum absolute atomic E-state index is 0.237. The smallest absolute Gasteiger partial charge is 0.224 e. The van der Waals surface area contributed by atoms with Crippen LogP contribution in [0.25, 0.3) is 0 Å². The summed E-state index contributed by atoms with van der Waals surface area (Å²) in [4.78, 5) is 20.8. The van der Waals surface area contributed by atoms with E-state index < -0.39 is 0 Å². The number of para-hydroxylation sites is 1. The molecule has 2 heterocycles. The number of carbonyl (C=O) groups excluding carboxylic acids is 1. The van der Waals surface area contributed by atoms with E-state index in [2.05, 4.69) is 34.1 Å². The maximum atomic E-state index is 12.3. The fourth-order valence-electron chi connectivity index (χ4n) is 2.87.